The molecule has 2 aliphatic rings. The van der Waals surface area contributed by atoms with Crippen molar-refractivity contribution in [2.45, 2.75) is 57.8 Å². The molecule has 0 aliphatic heterocycles. The lowest BCUT2D eigenvalue weighted by atomic mass is 10.0. The molecule has 0 bridgehead atoms. The third kappa shape index (κ3) is 5.28. The first-order chi connectivity index (χ1) is 8.88. The molecule has 0 saturated heterocycles. The fourth-order valence-electron chi connectivity index (χ4n) is 2.85. The van der Waals surface area contributed by atoms with E-state index in [-0.39, 0.29) is 0 Å². The van der Waals surface area contributed by atoms with Crippen LogP contribution in [-0.4, -0.2) is 26.1 Å². The highest BCUT2D eigenvalue weighted by molar-refractivity contribution is 5.79. The van der Waals surface area contributed by atoms with E-state index < -0.39 is 0 Å². The average Bonchev–Trinajstić information content (AvgIpc) is 3.07. The molecule has 2 fully saturated rings. The summed E-state index contributed by atoms with van der Waals surface area (Å²) in [5.74, 6) is 2.94. The SMILES string of the molecule is CN=C(NCCCCC1CCCC1)NCC1CC1. The van der Waals surface area contributed by atoms with Gasteiger partial charge in [0, 0.05) is 20.1 Å². The highest BCUT2D eigenvalue weighted by atomic mass is 15.2. The summed E-state index contributed by atoms with van der Waals surface area (Å²) in [5, 5.41) is 6.82. The van der Waals surface area contributed by atoms with Crippen LogP contribution in [0.1, 0.15) is 57.8 Å². The molecule has 0 spiro atoms. The highest BCUT2D eigenvalue weighted by Gasteiger charge is 2.21. The van der Waals surface area contributed by atoms with Crippen molar-refractivity contribution in [1.29, 1.82) is 0 Å². The van der Waals surface area contributed by atoms with Gasteiger partial charge in [0.2, 0.25) is 0 Å². The molecule has 0 radical (unpaired) electrons. The Kier molecular flexibility index (Phi) is 5.82. The Bertz CT molecular complexity index is 252. The number of nitrogens with one attached hydrogen (secondary N) is 2. The summed E-state index contributed by atoms with van der Waals surface area (Å²) in [6.07, 6.45) is 12.8. The molecule has 0 aromatic carbocycles. The number of aliphatic imine (C=N–C) groups is 1. The van der Waals surface area contributed by atoms with Gasteiger partial charge in [-0.05, 0) is 31.1 Å². The molecule has 0 atom stereocenters. The van der Waals surface area contributed by atoms with Crippen molar-refractivity contribution in [3.8, 4) is 0 Å². The van der Waals surface area contributed by atoms with E-state index in [4.69, 9.17) is 0 Å². The Labute approximate surface area is 112 Å². The van der Waals surface area contributed by atoms with Gasteiger partial charge in [-0.1, -0.05) is 38.5 Å². The lowest BCUT2D eigenvalue weighted by Crippen LogP contribution is -2.38. The molecule has 0 unspecified atom stereocenters. The normalized spacial score (nSPS) is 21.3. The van der Waals surface area contributed by atoms with Crippen LogP contribution in [0.2, 0.25) is 0 Å². The molecule has 2 N–H and O–H groups in total. The number of rotatable bonds is 7. The van der Waals surface area contributed by atoms with Gasteiger partial charge in [0.15, 0.2) is 5.96 Å². The second kappa shape index (κ2) is 7.65. The number of unbranched alkanes of at least 4 members (excludes halogenated alkanes) is 1. The standard InChI is InChI=1S/C15H29N3/c1-16-15(18-12-14-9-10-14)17-11-5-4-8-13-6-2-3-7-13/h13-14H,2-12H2,1H3,(H2,16,17,18). The summed E-state index contributed by atoms with van der Waals surface area (Å²) in [6.45, 7) is 2.17. The van der Waals surface area contributed by atoms with Crippen LogP contribution in [0, 0.1) is 11.8 Å². The Morgan fingerprint density at radius 1 is 1.00 bits per heavy atom. The van der Waals surface area contributed by atoms with Crippen LogP contribution in [-0.2, 0) is 0 Å². The predicted molar refractivity (Wildman–Crippen MR) is 77.9 cm³/mol. The van der Waals surface area contributed by atoms with E-state index in [2.05, 4.69) is 15.6 Å². The molecule has 2 aliphatic carbocycles. The van der Waals surface area contributed by atoms with Crippen molar-refractivity contribution in [3.63, 3.8) is 0 Å². The van der Waals surface area contributed by atoms with E-state index in [1.165, 1.54) is 57.8 Å². The molecule has 3 heteroatoms. The van der Waals surface area contributed by atoms with Gasteiger partial charge in [0.25, 0.3) is 0 Å². The van der Waals surface area contributed by atoms with E-state index in [0.29, 0.717) is 0 Å². The molecule has 18 heavy (non-hydrogen) atoms. The monoisotopic (exact) mass is 251 g/mol. The minimum absolute atomic E-state index is 0.908. The van der Waals surface area contributed by atoms with Gasteiger partial charge in [-0.2, -0.15) is 0 Å². The van der Waals surface area contributed by atoms with E-state index in [1.54, 1.807) is 0 Å². The number of hydrogen-bond donors (Lipinski definition) is 2. The Balaban J connectivity index is 1.45. The van der Waals surface area contributed by atoms with Crippen LogP contribution in [0.3, 0.4) is 0 Å². The molecular weight excluding hydrogens is 222 g/mol. The zero-order valence-electron chi connectivity index (χ0n) is 11.9. The number of guanidine groups is 1. The van der Waals surface area contributed by atoms with Crippen molar-refractivity contribution in [2.24, 2.45) is 16.8 Å². The molecule has 0 amide bonds. The third-order valence-corrected chi connectivity index (χ3v) is 4.29. The number of hydrogen-bond acceptors (Lipinski definition) is 1. The van der Waals surface area contributed by atoms with Gasteiger partial charge in [-0.25, -0.2) is 0 Å². The smallest absolute Gasteiger partial charge is 0.190 e. The highest BCUT2D eigenvalue weighted by Crippen LogP contribution is 2.29. The van der Waals surface area contributed by atoms with Crippen LogP contribution in [0.25, 0.3) is 0 Å². The van der Waals surface area contributed by atoms with Crippen LogP contribution in [0.5, 0.6) is 0 Å². The van der Waals surface area contributed by atoms with Gasteiger partial charge in [0.1, 0.15) is 0 Å². The van der Waals surface area contributed by atoms with Crippen molar-refractivity contribution in [3.05, 3.63) is 0 Å². The van der Waals surface area contributed by atoms with E-state index >= 15 is 0 Å². The van der Waals surface area contributed by atoms with Gasteiger partial charge in [-0.3, -0.25) is 4.99 Å². The maximum absolute atomic E-state index is 4.26. The van der Waals surface area contributed by atoms with Crippen molar-refractivity contribution < 1.29 is 0 Å². The first-order valence-electron chi connectivity index (χ1n) is 7.83. The summed E-state index contributed by atoms with van der Waals surface area (Å²) >= 11 is 0. The molecular formula is C15H29N3. The predicted octanol–water partition coefficient (Wildman–Crippen LogP) is 2.92. The van der Waals surface area contributed by atoms with E-state index in [1.807, 2.05) is 7.05 Å². The molecule has 0 aromatic heterocycles. The molecule has 0 heterocycles. The van der Waals surface area contributed by atoms with Crippen LogP contribution >= 0.6 is 0 Å². The largest absolute Gasteiger partial charge is 0.356 e. The van der Waals surface area contributed by atoms with Crippen molar-refractivity contribution >= 4 is 5.96 Å². The Morgan fingerprint density at radius 3 is 2.44 bits per heavy atom. The first kappa shape index (κ1) is 13.7. The zero-order chi connectivity index (χ0) is 12.6. The molecule has 2 saturated carbocycles. The van der Waals surface area contributed by atoms with Gasteiger partial charge in [-0.15, -0.1) is 0 Å². The molecule has 2 rings (SSSR count). The van der Waals surface area contributed by atoms with Gasteiger partial charge >= 0.3 is 0 Å². The van der Waals surface area contributed by atoms with Crippen molar-refractivity contribution in [2.75, 3.05) is 20.1 Å². The van der Waals surface area contributed by atoms with Crippen molar-refractivity contribution in [1.82, 2.24) is 10.6 Å². The topological polar surface area (TPSA) is 36.4 Å². The minimum Gasteiger partial charge on any atom is -0.356 e. The fraction of sp³-hybridized carbons (Fsp3) is 0.933. The maximum atomic E-state index is 4.26. The molecule has 3 nitrogen and oxygen atoms in total. The van der Waals surface area contributed by atoms with Crippen LogP contribution in [0.4, 0.5) is 0 Å². The molecule has 0 aromatic rings. The lowest BCUT2D eigenvalue weighted by molar-refractivity contribution is 0.472. The molecule has 104 valence electrons. The number of nitrogens with zero attached hydrogens (tertiary/aromatic N) is 1. The third-order valence-electron chi connectivity index (χ3n) is 4.29. The van der Waals surface area contributed by atoms with Crippen LogP contribution in [0.15, 0.2) is 4.99 Å². The Morgan fingerprint density at radius 2 is 1.78 bits per heavy atom. The summed E-state index contributed by atoms with van der Waals surface area (Å²) < 4.78 is 0. The summed E-state index contributed by atoms with van der Waals surface area (Å²) in [7, 11) is 1.86. The zero-order valence-corrected chi connectivity index (χ0v) is 11.9. The van der Waals surface area contributed by atoms with Gasteiger partial charge in [0.05, 0.1) is 0 Å². The Hall–Kier alpha value is -0.730. The average molecular weight is 251 g/mol. The summed E-state index contributed by atoms with van der Waals surface area (Å²) in [6, 6.07) is 0. The maximum Gasteiger partial charge on any atom is 0.190 e. The quantitative estimate of drug-likeness (QED) is 0.415. The second-order valence-corrected chi connectivity index (χ2v) is 5.97. The van der Waals surface area contributed by atoms with Crippen LogP contribution < -0.4 is 10.6 Å². The second-order valence-electron chi connectivity index (χ2n) is 5.97. The van der Waals surface area contributed by atoms with E-state index in [0.717, 1.165) is 30.9 Å². The van der Waals surface area contributed by atoms with Gasteiger partial charge < -0.3 is 10.6 Å². The fourth-order valence-corrected chi connectivity index (χ4v) is 2.85. The lowest BCUT2D eigenvalue weighted by Gasteiger charge is -2.12. The summed E-state index contributed by atoms with van der Waals surface area (Å²) in [4.78, 5) is 4.26. The van der Waals surface area contributed by atoms with E-state index in [9.17, 15) is 0 Å². The summed E-state index contributed by atoms with van der Waals surface area (Å²) in [5.41, 5.74) is 0. The first-order valence-corrected chi connectivity index (χ1v) is 7.83. The minimum atomic E-state index is 0.908.